The van der Waals surface area contributed by atoms with Gasteiger partial charge in [0.05, 0.1) is 0 Å². The van der Waals surface area contributed by atoms with E-state index in [9.17, 15) is 0 Å². The maximum atomic E-state index is 2.75. The van der Waals surface area contributed by atoms with Crippen LogP contribution in [-0.2, 0) is 26.2 Å². The summed E-state index contributed by atoms with van der Waals surface area (Å²) in [6, 6.07) is 10.0. The second kappa shape index (κ2) is 11.1. The Bertz CT molecular complexity index is 75.8. The van der Waals surface area contributed by atoms with Gasteiger partial charge in [-0.25, -0.2) is 12.1 Å². The number of hydrogen-bond donors (Lipinski definition) is 1. The van der Waals surface area contributed by atoms with E-state index in [1.807, 2.05) is 44.4 Å². The van der Waals surface area contributed by atoms with E-state index in [4.69, 9.17) is 0 Å². The third kappa shape index (κ3) is 11.7. The third-order valence-corrected chi connectivity index (χ3v) is 0.556. The summed E-state index contributed by atoms with van der Waals surface area (Å²) < 4.78 is 0. The molecule has 1 N–H and O–H groups in total. The van der Waals surface area contributed by atoms with Crippen molar-refractivity contribution in [1.82, 2.24) is 5.32 Å². The van der Waals surface area contributed by atoms with Gasteiger partial charge in [0, 0.05) is 0 Å². The molecule has 1 nitrogen and oxygen atoms in total. The van der Waals surface area contributed by atoms with Gasteiger partial charge < -0.3 is 5.32 Å². The molecule has 0 aliphatic heterocycles. The van der Waals surface area contributed by atoms with Crippen LogP contribution in [0.4, 0.5) is 0 Å². The second-order valence-electron chi connectivity index (χ2n) is 1.46. The SMILES string of the molecule is CNC.[Zr+4].c1cc[cH-]c1. The molecule has 46 valence electrons. The molecule has 2 heteroatoms. The minimum atomic E-state index is 0. The van der Waals surface area contributed by atoms with Gasteiger partial charge in [0.25, 0.3) is 0 Å². The fraction of sp³-hybridized carbons (Fsp3) is 0.286. The van der Waals surface area contributed by atoms with Crippen molar-refractivity contribution >= 4 is 0 Å². The predicted octanol–water partition coefficient (Wildman–Crippen LogP) is 1.24. The molecule has 0 aliphatic rings. The molecule has 0 saturated carbocycles. The van der Waals surface area contributed by atoms with Gasteiger partial charge in [-0.15, -0.1) is 0 Å². The zero-order valence-electron chi connectivity index (χ0n) is 5.89. The van der Waals surface area contributed by atoms with Crippen LogP contribution in [0.3, 0.4) is 0 Å². The van der Waals surface area contributed by atoms with E-state index in [1.54, 1.807) is 0 Å². The minimum absolute atomic E-state index is 0. The van der Waals surface area contributed by atoms with E-state index >= 15 is 0 Å². The molecule has 0 aliphatic carbocycles. The van der Waals surface area contributed by atoms with Crippen LogP contribution in [0.5, 0.6) is 0 Å². The second-order valence-corrected chi connectivity index (χ2v) is 1.46. The molecule has 0 spiro atoms. The van der Waals surface area contributed by atoms with E-state index in [0.29, 0.717) is 0 Å². The Labute approximate surface area is 76.0 Å². The number of nitrogens with one attached hydrogen (secondary N) is 1. The Kier molecular flexibility index (Phi) is 14.6. The molecule has 9 heavy (non-hydrogen) atoms. The Morgan fingerprint density at radius 1 is 1.11 bits per heavy atom. The predicted molar refractivity (Wildman–Crippen MR) is 37.0 cm³/mol. The number of hydrogen-bond acceptors (Lipinski definition) is 1. The van der Waals surface area contributed by atoms with Crippen LogP contribution >= 0.6 is 0 Å². The summed E-state index contributed by atoms with van der Waals surface area (Å²) in [6.45, 7) is 0. The van der Waals surface area contributed by atoms with Crippen LogP contribution in [0, 0.1) is 0 Å². The minimum Gasteiger partial charge on any atom is -0.323 e. The van der Waals surface area contributed by atoms with Gasteiger partial charge in [-0.1, -0.05) is 0 Å². The van der Waals surface area contributed by atoms with E-state index in [2.05, 4.69) is 5.32 Å². The Balaban J connectivity index is 0. The Morgan fingerprint density at radius 3 is 1.56 bits per heavy atom. The molecule has 0 radical (unpaired) electrons. The van der Waals surface area contributed by atoms with Crippen molar-refractivity contribution in [2.24, 2.45) is 0 Å². The first-order valence-corrected chi connectivity index (χ1v) is 2.67. The smallest absolute Gasteiger partial charge is 0.323 e. The van der Waals surface area contributed by atoms with Crippen molar-refractivity contribution in [3.05, 3.63) is 30.3 Å². The molecule has 1 aromatic carbocycles. The van der Waals surface area contributed by atoms with E-state index < -0.39 is 0 Å². The first-order valence-electron chi connectivity index (χ1n) is 2.67. The first kappa shape index (κ1) is 11.9. The van der Waals surface area contributed by atoms with Crippen LogP contribution in [0.25, 0.3) is 0 Å². The van der Waals surface area contributed by atoms with Gasteiger partial charge in [0.2, 0.25) is 0 Å². The van der Waals surface area contributed by atoms with Gasteiger partial charge in [-0.2, -0.15) is 18.2 Å². The normalized spacial score (nSPS) is 6.44. The molecule has 0 fully saturated rings. The van der Waals surface area contributed by atoms with Crippen molar-refractivity contribution in [2.45, 2.75) is 0 Å². The standard InChI is InChI=1S/C5H5.C2H7N.Zr/c1-2-4-5-3-1;1-3-2;/h1-5H;3H,1-2H3;/q-1;;+4. The largest absolute Gasteiger partial charge is 4.00 e. The zero-order valence-corrected chi connectivity index (χ0v) is 8.34. The molecule has 0 heterocycles. The van der Waals surface area contributed by atoms with E-state index in [1.165, 1.54) is 0 Å². The van der Waals surface area contributed by atoms with Gasteiger partial charge in [0.15, 0.2) is 0 Å². The molecular weight excluding hydrogens is 189 g/mol. The topological polar surface area (TPSA) is 12.0 Å². The van der Waals surface area contributed by atoms with Crippen molar-refractivity contribution < 1.29 is 26.2 Å². The monoisotopic (exact) mass is 200 g/mol. The molecule has 0 saturated heterocycles. The van der Waals surface area contributed by atoms with Crippen molar-refractivity contribution in [3.8, 4) is 0 Å². The van der Waals surface area contributed by atoms with E-state index in [0.717, 1.165) is 0 Å². The van der Waals surface area contributed by atoms with Crippen LogP contribution in [-0.4, -0.2) is 14.1 Å². The summed E-state index contributed by atoms with van der Waals surface area (Å²) in [6.07, 6.45) is 0. The summed E-state index contributed by atoms with van der Waals surface area (Å²) in [4.78, 5) is 0. The van der Waals surface area contributed by atoms with Gasteiger partial charge >= 0.3 is 26.2 Å². The molecule has 0 amide bonds. The third-order valence-electron chi connectivity index (χ3n) is 0.556. The molecule has 1 aromatic rings. The van der Waals surface area contributed by atoms with Gasteiger partial charge in [0.1, 0.15) is 0 Å². The molecule has 1 rings (SSSR count). The first-order chi connectivity index (χ1) is 3.91. The van der Waals surface area contributed by atoms with Crippen molar-refractivity contribution in [1.29, 1.82) is 0 Å². The zero-order chi connectivity index (χ0) is 6.24. The molecular formula is C7H12NZr+3. The summed E-state index contributed by atoms with van der Waals surface area (Å²) in [7, 11) is 3.75. The molecule has 0 atom stereocenters. The number of rotatable bonds is 0. The van der Waals surface area contributed by atoms with Crippen LogP contribution in [0.1, 0.15) is 0 Å². The summed E-state index contributed by atoms with van der Waals surface area (Å²) >= 11 is 0. The van der Waals surface area contributed by atoms with Gasteiger partial charge in [-0.05, 0) is 14.1 Å². The molecule has 0 bridgehead atoms. The van der Waals surface area contributed by atoms with Crippen molar-refractivity contribution in [3.63, 3.8) is 0 Å². The molecule has 0 unspecified atom stereocenters. The van der Waals surface area contributed by atoms with Crippen LogP contribution in [0.15, 0.2) is 30.3 Å². The fourth-order valence-corrected chi connectivity index (χ4v) is 0.321. The average Bonchev–Trinajstić information content (AvgIpc) is 2.17. The summed E-state index contributed by atoms with van der Waals surface area (Å²) in [5.41, 5.74) is 0. The van der Waals surface area contributed by atoms with Crippen LogP contribution in [0.2, 0.25) is 0 Å². The molecule has 0 aromatic heterocycles. The Morgan fingerprint density at radius 2 is 1.44 bits per heavy atom. The van der Waals surface area contributed by atoms with Crippen LogP contribution < -0.4 is 5.32 Å². The van der Waals surface area contributed by atoms with Gasteiger partial charge in [-0.3, -0.25) is 0 Å². The average molecular weight is 201 g/mol. The van der Waals surface area contributed by atoms with E-state index in [-0.39, 0.29) is 26.2 Å². The maximum Gasteiger partial charge on any atom is 4.00 e. The summed E-state index contributed by atoms with van der Waals surface area (Å²) in [5, 5.41) is 2.75. The maximum absolute atomic E-state index is 2.75. The van der Waals surface area contributed by atoms with Crippen molar-refractivity contribution in [2.75, 3.05) is 14.1 Å². The Hall–Kier alpha value is 0.193. The quantitative estimate of drug-likeness (QED) is 0.623. The fourth-order valence-electron chi connectivity index (χ4n) is 0.321. The summed E-state index contributed by atoms with van der Waals surface area (Å²) in [5.74, 6) is 0.